The van der Waals surface area contributed by atoms with Crippen molar-refractivity contribution in [1.82, 2.24) is 0 Å². The number of phenols is 1. The van der Waals surface area contributed by atoms with Gasteiger partial charge in [0.15, 0.2) is 0 Å². The van der Waals surface area contributed by atoms with Crippen molar-refractivity contribution in [2.24, 2.45) is 0 Å². The summed E-state index contributed by atoms with van der Waals surface area (Å²) in [5, 5.41) is 21.9. The number of carboxylic acid groups (broad SMARTS) is 1. The Morgan fingerprint density at radius 3 is 2.62 bits per heavy atom. The Hall–Kier alpha value is -2.56. The first-order valence-corrected chi connectivity index (χ1v) is 6.47. The Morgan fingerprint density at radius 1 is 1.24 bits per heavy atom. The van der Waals surface area contributed by atoms with Gasteiger partial charge in [-0.3, -0.25) is 0 Å². The average Bonchev–Trinajstić information content (AvgIpc) is 2.43. The second-order valence-corrected chi connectivity index (χ2v) is 4.90. The summed E-state index contributed by atoms with van der Waals surface area (Å²) in [6, 6.07) is 8.10. The number of aromatic carboxylic acids is 1. The molecule has 1 atom stereocenters. The van der Waals surface area contributed by atoms with Gasteiger partial charge < -0.3 is 15.5 Å². The number of aryl methyl sites for hydroxylation is 1. The van der Waals surface area contributed by atoms with Crippen LogP contribution >= 0.6 is 0 Å². The van der Waals surface area contributed by atoms with Gasteiger partial charge in [0.25, 0.3) is 0 Å². The topological polar surface area (TPSA) is 69.6 Å². The van der Waals surface area contributed by atoms with Crippen molar-refractivity contribution in [2.75, 3.05) is 5.32 Å². The van der Waals surface area contributed by atoms with Crippen LogP contribution in [0.25, 0.3) is 0 Å². The van der Waals surface area contributed by atoms with Gasteiger partial charge in [0.05, 0.1) is 11.6 Å². The van der Waals surface area contributed by atoms with E-state index in [1.54, 1.807) is 13.0 Å². The third-order valence-corrected chi connectivity index (χ3v) is 3.31. The fraction of sp³-hybridized carbons (Fsp3) is 0.188. The minimum Gasteiger partial charge on any atom is -0.508 e. The molecule has 5 heteroatoms. The molecule has 0 amide bonds. The van der Waals surface area contributed by atoms with Crippen LogP contribution in [0.3, 0.4) is 0 Å². The summed E-state index contributed by atoms with van der Waals surface area (Å²) in [4.78, 5) is 11.0. The van der Waals surface area contributed by atoms with Crippen LogP contribution < -0.4 is 5.32 Å². The molecule has 1 unspecified atom stereocenters. The van der Waals surface area contributed by atoms with E-state index in [2.05, 4.69) is 5.32 Å². The van der Waals surface area contributed by atoms with Crippen LogP contribution in [-0.4, -0.2) is 16.2 Å². The molecule has 0 aliphatic heterocycles. The van der Waals surface area contributed by atoms with Gasteiger partial charge in [0.1, 0.15) is 11.6 Å². The Balaban J connectivity index is 2.31. The number of halogens is 1. The number of rotatable bonds is 4. The van der Waals surface area contributed by atoms with E-state index in [1.807, 2.05) is 6.92 Å². The molecule has 2 rings (SSSR count). The second-order valence-electron chi connectivity index (χ2n) is 4.90. The van der Waals surface area contributed by atoms with Crippen molar-refractivity contribution < 1.29 is 19.4 Å². The van der Waals surface area contributed by atoms with Gasteiger partial charge in [0, 0.05) is 11.3 Å². The van der Waals surface area contributed by atoms with Crippen molar-refractivity contribution in [1.29, 1.82) is 0 Å². The fourth-order valence-electron chi connectivity index (χ4n) is 2.09. The van der Waals surface area contributed by atoms with Crippen LogP contribution in [0.1, 0.15) is 34.5 Å². The van der Waals surface area contributed by atoms with E-state index in [1.165, 1.54) is 30.3 Å². The van der Waals surface area contributed by atoms with Crippen LogP contribution in [0, 0.1) is 12.7 Å². The van der Waals surface area contributed by atoms with Gasteiger partial charge >= 0.3 is 5.97 Å². The normalized spacial score (nSPS) is 12.0. The first-order valence-electron chi connectivity index (χ1n) is 6.47. The van der Waals surface area contributed by atoms with Gasteiger partial charge in [-0.1, -0.05) is 6.07 Å². The molecule has 0 aromatic heterocycles. The highest BCUT2D eigenvalue weighted by Crippen LogP contribution is 2.29. The third-order valence-electron chi connectivity index (χ3n) is 3.31. The number of carbonyl (C=O) groups is 1. The first-order chi connectivity index (χ1) is 9.88. The monoisotopic (exact) mass is 289 g/mol. The number of hydrogen-bond donors (Lipinski definition) is 3. The lowest BCUT2D eigenvalue weighted by atomic mass is 10.0. The van der Waals surface area contributed by atoms with E-state index < -0.39 is 11.8 Å². The van der Waals surface area contributed by atoms with Crippen LogP contribution in [-0.2, 0) is 0 Å². The molecule has 0 radical (unpaired) electrons. The zero-order valence-corrected chi connectivity index (χ0v) is 11.7. The molecule has 0 aliphatic rings. The predicted octanol–water partition coefficient (Wildman–Crippen LogP) is 3.71. The summed E-state index contributed by atoms with van der Waals surface area (Å²) >= 11 is 0. The van der Waals surface area contributed by atoms with Crippen molar-refractivity contribution in [3.05, 3.63) is 58.9 Å². The van der Waals surface area contributed by atoms with E-state index in [0.29, 0.717) is 11.3 Å². The standard InChI is InChI=1S/C16H16FNO3/c1-9-3-4-11(16(20)21)7-14(9)18-10(2)13-8-12(17)5-6-15(13)19/h3-8,10,18-19H,1-2H3,(H,20,21). The van der Waals surface area contributed by atoms with E-state index in [4.69, 9.17) is 5.11 Å². The Labute approximate surface area is 121 Å². The smallest absolute Gasteiger partial charge is 0.335 e. The summed E-state index contributed by atoms with van der Waals surface area (Å²) < 4.78 is 13.3. The third kappa shape index (κ3) is 3.31. The molecule has 2 aromatic carbocycles. The Morgan fingerprint density at radius 2 is 1.95 bits per heavy atom. The summed E-state index contributed by atoms with van der Waals surface area (Å²) in [5.74, 6) is -1.46. The van der Waals surface area contributed by atoms with E-state index in [9.17, 15) is 14.3 Å². The lowest BCUT2D eigenvalue weighted by molar-refractivity contribution is 0.0697. The molecule has 0 saturated heterocycles. The predicted molar refractivity (Wildman–Crippen MR) is 78.2 cm³/mol. The highest BCUT2D eigenvalue weighted by molar-refractivity contribution is 5.89. The quantitative estimate of drug-likeness (QED) is 0.802. The van der Waals surface area contributed by atoms with Gasteiger partial charge in [-0.05, 0) is 49.7 Å². The van der Waals surface area contributed by atoms with Gasteiger partial charge in [-0.2, -0.15) is 0 Å². The fourth-order valence-corrected chi connectivity index (χ4v) is 2.09. The van der Waals surface area contributed by atoms with E-state index in [0.717, 1.165) is 5.56 Å². The molecule has 21 heavy (non-hydrogen) atoms. The van der Waals surface area contributed by atoms with Crippen molar-refractivity contribution in [2.45, 2.75) is 19.9 Å². The zero-order valence-electron chi connectivity index (χ0n) is 11.7. The average molecular weight is 289 g/mol. The molecule has 0 fully saturated rings. The van der Waals surface area contributed by atoms with Crippen LogP contribution in [0.4, 0.5) is 10.1 Å². The molecule has 2 aromatic rings. The number of benzene rings is 2. The lowest BCUT2D eigenvalue weighted by Gasteiger charge is -2.19. The molecule has 4 nitrogen and oxygen atoms in total. The number of phenolic OH excluding ortho intramolecular Hbond substituents is 1. The maximum Gasteiger partial charge on any atom is 0.335 e. The minimum absolute atomic E-state index is 0.0107. The zero-order chi connectivity index (χ0) is 15.6. The Bertz CT molecular complexity index is 685. The van der Waals surface area contributed by atoms with Gasteiger partial charge in [-0.15, -0.1) is 0 Å². The number of nitrogens with one attached hydrogen (secondary N) is 1. The molecule has 0 saturated carbocycles. The van der Waals surface area contributed by atoms with Crippen LogP contribution in [0.2, 0.25) is 0 Å². The molecule has 3 N–H and O–H groups in total. The molecule has 0 aliphatic carbocycles. The van der Waals surface area contributed by atoms with Crippen LogP contribution in [0.15, 0.2) is 36.4 Å². The highest BCUT2D eigenvalue weighted by Gasteiger charge is 2.13. The minimum atomic E-state index is -1.01. The van der Waals surface area contributed by atoms with Crippen molar-refractivity contribution in [3.63, 3.8) is 0 Å². The molecule has 0 bridgehead atoms. The largest absolute Gasteiger partial charge is 0.508 e. The lowest BCUT2D eigenvalue weighted by Crippen LogP contribution is -2.09. The van der Waals surface area contributed by atoms with E-state index >= 15 is 0 Å². The number of aromatic hydroxyl groups is 1. The van der Waals surface area contributed by atoms with Crippen molar-refractivity contribution in [3.8, 4) is 5.75 Å². The maximum absolute atomic E-state index is 13.3. The van der Waals surface area contributed by atoms with Crippen molar-refractivity contribution >= 4 is 11.7 Å². The van der Waals surface area contributed by atoms with Gasteiger partial charge in [0.2, 0.25) is 0 Å². The molecular weight excluding hydrogens is 273 g/mol. The summed E-state index contributed by atoms with van der Waals surface area (Å²) in [6.45, 7) is 3.60. The highest BCUT2D eigenvalue weighted by atomic mass is 19.1. The van der Waals surface area contributed by atoms with Gasteiger partial charge in [-0.25, -0.2) is 9.18 Å². The molecular formula is C16H16FNO3. The number of anilines is 1. The summed E-state index contributed by atoms with van der Waals surface area (Å²) in [7, 11) is 0. The van der Waals surface area contributed by atoms with E-state index in [-0.39, 0.29) is 17.4 Å². The SMILES string of the molecule is Cc1ccc(C(=O)O)cc1NC(C)c1cc(F)ccc1O. The first kappa shape index (κ1) is 14.8. The molecule has 110 valence electrons. The number of carboxylic acids is 1. The summed E-state index contributed by atoms with van der Waals surface area (Å²) in [5.41, 5.74) is 2.07. The number of hydrogen-bond acceptors (Lipinski definition) is 3. The molecule has 0 spiro atoms. The molecule has 0 heterocycles. The summed E-state index contributed by atoms with van der Waals surface area (Å²) in [6.07, 6.45) is 0. The Kier molecular flexibility index (Phi) is 4.12. The maximum atomic E-state index is 13.3. The second kappa shape index (κ2) is 5.83. The van der Waals surface area contributed by atoms with Crippen LogP contribution in [0.5, 0.6) is 5.75 Å².